The Morgan fingerprint density at radius 2 is 2.00 bits per heavy atom. The highest BCUT2D eigenvalue weighted by molar-refractivity contribution is 5.92. The SMILES string of the molecule is COc1ccc(NC(=O)[C@@H]2CC[C@H](NC(=O)Cc3ccncc3)C2)cn1. The van der Waals surface area contributed by atoms with Crippen molar-refractivity contribution >= 4 is 17.5 Å². The van der Waals surface area contributed by atoms with Gasteiger partial charge in [0.2, 0.25) is 17.7 Å². The van der Waals surface area contributed by atoms with Crippen LogP contribution in [0.5, 0.6) is 5.88 Å². The quantitative estimate of drug-likeness (QED) is 0.827. The minimum atomic E-state index is -0.108. The Bertz CT molecular complexity index is 749. The van der Waals surface area contributed by atoms with E-state index < -0.39 is 0 Å². The molecular weight excluding hydrogens is 332 g/mol. The molecule has 0 aromatic carbocycles. The number of anilines is 1. The fourth-order valence-corrected chi connectivity index (χ4v) is 3.13. The zero-order valence-electron chi connectivity index (χ0n) is 14.6. The van der Waals surface area contributed by atoms with Crippen LogP contribution in [-0.2, 0) is 16.0 Å². The average Bonchev–Trinajstić information content (AvgIpc) is 3.11. The fraction of sp³-hybridized carbons (Fsp3) is 0.368. The summed E-state index contributed by atoms with van der Waals surface area (Å²) in [7, 11) is 1.54. The number of nitrogens with zero attached hydrogens (tertiary/aromatic N) is 2. The summed E-state index contributed by atoms with van der Waals surface area (Å²) in [6.45, 7) is 0. The first kappa shape index (κ1) is 17.8. The molecule has 2 heterocycles. The summed E-state index contributed by atoms with van der Waals surface area (Å²) in [5, 5.41) is 5.90. The summed E-state index contributed by atoms with van der Waals surface area (Å²) in [4.78, 5) is 32.6. The summed E-state index contributed by atoms with van der Waals surface area (Å²) in [6, 6.07) is 7.15. The van der Waals surface area contributed by atoms with Crippen molar-refractivity contribution in [3.63, 3.8) is 0 Å². The first-order valence-corrected chi connectivity index (χ1v) is 8.63. The van der Waals surface area contributed by atoms with Crippen LogP contribution >= 0.6 is 0 Å². The maximum Gasteiger partial charge on any atom is 0.227 e. The van der Waals surface area contributed by atoms with Crippen molar-refractivity contribution in [1.29, 1.82) is 0 Å². The Morgan fingerprint density at radius 3 is 2.69 bits per heavy atom. The van der Waals surface area contributed by atoms with Gasteiger partial charge in [-0.2, -0.15) is 0 Å². The number of carbonyl (C=O) groups excluding carboxylic acids is 2. The molecule has 2 N–H and O–H groups in total. The topological polar surface area (TPSA) is 93.2 Å². The van der Waals surface area contributed by atoms with Crippen molar-refractivity contribution < 1.29 is 14.3 Å². The molecule has 1 saturated carbocycles. The van der Waals surface area contributed by atoms with Crippen molar-refractivity contribution in [3.8, 4) is 5.88 Å². The van der Waals surface area contributed by atoms with E-state index in [1.807, 2.05) is 12.1 Å². The first-order chi connectivity index (χ1) is 12.6. The lowest BCUT2D eigenvalue weighted by Gasteiger charge is -2.14. The minimum Gasteiger partial charge on any atom is -0.481 e. The molecule has 3 rings (SSSR count). The standard InChI is InChI=1S/C19H22N4O3/c1-26-18-5-4-16(12-21-18)23-19(25)14-2-3-15(11-14)22-17(24)10-13-6-8-20-9-7-13/h4-9,12,14-15H,2-3,10-11H2,1H3,(H,22,24)(H,23,25)/t14-,15+/m1/s1. The van der Waals surface area contributed by atoms with Gasteiger partial charge in [0.25, 0.3) is 0 Å². The summed E-state index contributed by atoms with van der Waals surface area (Å²) < 4.78 is 5.00. The van der Waals surface area contributed by atoms with Gasteiger partial charge in [-0.05, 0) is 43.0 Å². The van der Waals surface area contributed by atoms with Crippen LogP contribution in [-0.4, -0.2) is 34.9 Å². The number of aromatic nitrogens is 2. The monoisotopic (exact) mass is 354 g/mol. The van der Waals surface area contributed by atoms with Gasteiger partial charge in [-0.15, -0.1) is 0 Å². The van der Waals surface area contributed by atoms with E-state index in [2.05, 4.69) is 20.6 Å². The van der Waals surface area contributed by atoms with Crippen LogP contribution in [0.2, 0.25) is 0 Å². The van der Waals surface area contributed by atoms with Gasteiger partial charge < -0.3 is 15.4 Å². The molecule has 7 heteroatoms. The van der Waals surface area contributed by atoms with Gasteiger partial charge in [0.05, 0.1) is 25.4 Å². The first-order valence-electron chi connectivity index (χ1n) is 8.63. The lowest BCUT2D eigenvalue weighted by molar-refractivity contribution is -0.122. The maximum absolute atomic E-state index is 12.4. The van der Waals surface area contributed by atoms with E-state index in [1.54, 1.807) is 37.8 Å². The van der Waals surface area contributed by atoms with Crippen molar-refractivity contribution in [2.75, 3.05) is 12.4 Å². The third kappa shape index (κ3) is 4.78. The van der Waals surface area contributed by atoms with Gasteiger partial charge in [-0.25, -0.2) is 4.98 Å². The summed E-state index contributed by atoms with van der Waals surface area (Å²) in [5.74, 6) is 0.327. The predicted molar refractivity (Wildman–Crippen MR) is 96.6 cm³/mol. The molecule has 2 atom stereocenters. The minimum absolute atomic E-state index is 0.0263. The van der Waals surface area contributed by atoms with Crippen LogP contribution < -0.4 is 15.4 Å². The van der Waals surface area contributed by atoms with Crippen molar-refractivity contribution in [1.82, 2.24) is 15.3 Å². The fourth-order valence-electron chi connectivity index (χ4n) is 3.13. The van der Waals surface area contributed by atoms with Crippen LogP contribution in [0.25, 0.3) is 0 Å². The van der Waals surface area contributed by atoms with Gasteiger partial charge in [0, 0.05) is 30.4 Å². The van der Waals surface area contributed by atoms with E-state index in [9.17, 15) is 9.59 Å². The van der Waals surface area contributed by atoms with E-state index in [-0.39, 0.29) is 23.8 Å². The number of amides is 2. The molecule has 0 spiro atoms. The lowest BCUT2D eigenvalue weighted by atomic mass is 10.1. The second-order valence-corrected chi connectivity index (χ2v) is 6.39. The van der Waals surface area contributed by atoms with Gasteiger partial charge in [0.1, 0.15) is 0 Å². The van der Waals surface area contributed by atoms with Gasteiger partial charge in [-0.3, -0.25) is 14.6 Å². The highest BCUT2D eigenvalue weighted by Crippen LogP contribution is 2.27. The van der Waals surface area contributed by atoms with Crippen LogP contribution in [0.1, 0.15) is 24.8 Å². The molecule has 26 heavy (non-hydrogen) atoms. The molecule has 1 fully saturated rings. The molecule has 2 amide bonds. The van der Waals surface area contributed by atoms with Crippen LogP contribution in [0.3, 0.4) is 0 Å². The Labute approximate surface area is 152 Å². The number of rotatable bonds is 6. The second kappa shape index (κ2) is 8.42. The van der Waals surface area contributed by atoms with Crippen LogP contribution in [0.15, 0.2) is 42.9 Å². The Kier molecular flexibility index (Phi) is 5.78. The normalized spacial score (nSPS) is 19.0. The number of carbonyl (C=O) groups is 2. The zero-order valence-corrected chi connectivity index (χ0v) is 14.6. The van der Waals surface area contributed by atoms with E-state index in [0.29, 0.717) is 24.4 Å². The largest absolute Gasteiger partial charge is 0.481 e. The maximum atomic E-state index is 12.4. The molecule has 2 aromatic heterocycles. The van der Waals surface area contributed by atoms with Gasteiger partial charge in [-0.1, -0.05) is 0 Å². The molecule has 0 aliphatic heterocycles. The highest BCUT2D eigenvalue weighted by atomic mass is 16.5. The van der Waals surface area contributed by atoms with E-state index >= 15 is 0 Å². The number of ether oxygens (including phenoxy) is 1. The highest BCUT2D eigenvalue weighted by Gasteiger charge is 2.30. The summed E-state index contributed by atoms with van der Waals surface area (Å²) in [6.07, 6.45) is 7.46. The average molecular weight is 354 g/mol. The lowest BCUT2D eigenvalue weighted by Crippen LogP contribution is -2.34. The molecule has 2 aromatic rings. The number of pyridine rings is 2. The molecule has 0 saturated heterocycles. The molecule has 136 valence electrons. The molecular formula is C19H22N4O3. The Morgan fingerprint density at radius 1 is 1.19 bits per heavy atom. The van der Waals surface area contributed by atoms with Crippen LogP contribution in [0.4, 0.5) is 5.69 Å². The number of nitrogens with one attached hydrogen (secondary N) is 2. The molecule has 0 unspecified atom stereocenters. The summed E-state index contributed by atoms with van der Waals surface area (Å²) >= 11 is 0. The molecule has 0 radical (unpaired) electrons. The summed E-state index contributed by atoms with van der Waals surface area (Å²) in [5.41, 5.74) is 1.57. The Balaban J connectivity index is 1.46. The third-order valence-corrected chi connectivity index (χ3v) is 4.50. The van der Waals surface area contributed by atoms with E-state index in [1.165, 1.54) is 0 Å². The Hall–Kier alpha value is -2.96. The molecule has 0 bridgehead atoms. The smallest absolute Gasteiger partial charge is 0.227 e. The van der Waals surface area contributed by atoms with Crippen molar-refractivity contribution in [2.24, 2.45) is 5.92 Å². The number of methoxy groups -OCH3 is 1. The van der Waals surface area contributed by atoms with Gasteiger partial charge >= 0.3 is 0 Å². The van der Waals surface area contributed by atoms with Crippen LogP contribution in [0, 0.1) is 5.92 Å². The molecule has 1 aliphatic rings. The second-order valence-electron chi connectivity index (χ2n) is 6.39. The van der Waals surface area contributed by atoms with Crippen molar-refractivity contribution in [3.05, 3.63) is 48.4 Å². The molecule has 1 aliphatic carbocycles. The van der Waals surface area contributed by atoms with Crippen molar-refractivity contribution in [2.45, 2.75) is 31.7 Å². The number of hydrogen-bond donors (Lipinski definition) is 2. The van der Waals surface area contributed by atoms with Gasteiger partial charge in [0.15, 0.2) is 0 Å². The van der Waals surface area contributed by atoms with E-state index in [4.69, 9.17) is 4.74 Å². The zero-order chi connectivity index (χ0) is 18.4. The predicted octanol–water partition coefficient (Wildman–Crippen LogP) is 1.95. The number of hydrogen-bond acceptors (Lipinski definition) is 5. The van der Waals surface area contributed by atoms with E-state index in [0.717, 1.165) is 18.4 Å². The molecule has 7 nitrogen and oxygen atoms in total. The third-order valence-electron chi connectivity index (χ3n) is 4.50.